The van der Waals surface area contributed by atoms with Gasteiger partial charge in [-0.25, -0.2) is 0 Å². The molecule has 24 heavy (non-hydrogen) atoms. The van der Waals surface area contributed by atoms with Gasteiger partial charge in [-0.2, -0.15) is 22.0 Å². The summed E-state index contributed by atoms with van der Waals surface area (Å²) in [7, 11) is 0. The zero-order valence-corrected chi connectivity index (χ0v) is 15.2. The second-order valence-electron chi connectivity index (χ2n) is 6.79. The number of aryl methyl sites for hydroxylation is 1. The van der Waals surface area contributed by atoms with Crippen molar-refractivity contribution in [3.8, 4) is 0 Å². The Bertz CT molecular complexity index is 640. The third-order valence-electron chi connectivity index (χ3n) is 5.03. The first kappa shape index (κ1) is 16.2. The van der Waals surface area contributed by atoms with Gasteiger partial charge >= 0.3 is 0 Å². The van der Waals surface area contributed by atoms with E-state index in [9.17, 15) is 0 Å². The van der Waals surface area contributed by atoms with E-state index in [1.807, 2.05) is 12.3 Å². The van der Waals surface area contributed by atoms with E-state index in [0.29, 0.717) is 6.04 Å². The van der Waals surface area contributed by atoms with Crippen LogP contribution in [0.5, 0.6) is 0 Å². The molecule has 0 unspecified atom stereocenters. The van der Waals surface area contributed by atoms with Crippen LogP contribution in [0.15, 0.2) is 24.7 Å². The van der Waals surface area contributed by atoms with Crippen LogP contribution in [0.3, 0.4) is 0 Å². The Kier molecular flexibility index (Phi) is 4.91. The van der Waals surface area contributed by atoms with Gasteiger partial charge in [0.1, 0.15) is 0 Å². The average Bonchev–Trinajstić information content (AvgIpc) is 3.19. The molecule has 0 aromatic carbocycles. The Morgan fingerprint density at radius 1 is 1.17 bits per heavy atom. The smallest absolute Gasteiger partial charge is 0.0773 e. The SMILES string of the molecule is Cc1nn(CCN2CCSCC2)cc1CN1CC(n2cccn2)C1. The molecule has 0 atom stereocenters. The van der Waals surface area contributed by atoms with Gasteiger partial charge in [0.05, 0.1) is 18.3 Å². The molecule has 0 spiro atoms. The lowest BCUT2D eigenvalue weighted by Gasteiger charge is -2.39. The van der Waals surface area contributed by atoms with Crippen molar-refractivity contribution in [1.82, 2.24) is 29.4 Å². The van der Waals surface area contributed by atoms with Crippen molar-refractivity contribution in [1.29, 1.82) is 0 Å². The topological polar surface area (TPSA) is 42.1 Å². The highest BCUT2D eigenvalue weighted by Crippen LogP contribution is 2.23. The molecule has 2 saturated heterocycles. The minimum absolute atomic E-state index is 0.535. The predicted molar refractivity (Wildman–Crippen MR) is 97.3 cm³/mol. The Morgan fingerprint density at radius 3 is 2.75 bits per heavy atom. The van der Waals surface area contributed by atoms with E-state index in [0.717, 1.165) is 32.7 Å². The van der Waals surface area contributed by atoms with Crippen LogP contribution >= 0.6 is 11.8 Å². The number of likely N-dealkylation sites (tertiary alicyclic amines) is 1. The van der Waals surface area contributed by atoms with Gasteiger partial charge < -0.3 is 0 Å². The molecule has 2 aromatic heterocycles. The molecule has 2 aromatic rings. The Morgan fingerprint density at radius 2 is 2.00 bits per heavy atom. The summed E-state index contributed by atoms with van der Waals surface area (Å²) in [5, 5.41) is 9.05. The lowest BCUT2D eigenvalue weighted by molar-refractivity contribution is 0.0907. The standard InChI is InChI=1S/C17H26N6S/c1-15-16(11-21-13-17(14-21)23-4-2-3-18-23)12-22(19-15)6-5-20-7-9-24-10-8-20/h2-4,12,17H,5-11,13-14H2,1H3. The van der Waals surface area contributed by atoms with Gasteiger partial charge in [-0.3, -0.25) is 19.2 Å². The van der Waals surface area contributed by atoms with Gasteiger partial charge in [-0.05, 0) is 13.0 Å². The molecule has 4 heterocycles. The van der Waals surface area contributed by atoms with Crippen molar-refractivity contribution in [2.24, 2.45) is 0 Å². The summed E-state index contributed by atoms with van der Waals surface area (Å²) in [6.07, 6.45) is 6.16. The van der Waals surface area contributed by atoms with E-state index in [2.05, 4.69) is 55.3 Å². The van der Waals surface area contributed by atoms with E-state index < -0.39 is 0 Å². The zero-order chi connectivity index (χ0) is 16.4. The first-order valence-corrected chi connectivity index (χ1v) is 9.98. The summed E-state index contributed by atoms with van der Waals surface area (Å²) >= 11 is 2.07. The second-order valence-corrected chi connectivity index (χ2v) is 8.02. The lowest BCUT2D eigenvalue weighted by Crippen LogP contribution is -2.47. The number of hydrogen-bond acceptors (Lipinski definition) is 5. The van der Waals surface area contributed by atoms with E-state index in [4.69, 9.17) is 5.10 Å². The molecule has 4 rings (SSSR count). The predicted octanol–water partition coefficient (Wildman–Crippen LogP) is 1.49. The third-order valence-corrected chi connectivity index (χ3v) is 5.97. The Hall–Kier alpha value is -1.31. The molecule has 2 aliphatic heterocycles. The van der Waals surface area contributed by atoms with Gasteiger partial charge in [0, 0.05) is 74.9 Å². The van der Waals surface area contributed by atoms with Crippen LogP contribution < -0.4 is 0 Å². The van der Waals surface area contributed by atoms with Crippen LogP contribution in [0.1, 0.15) is 17.3 Å². The van der Waals surface area contributed by atoms with Crippen LogP contribution in [0.25, 0.3) is 0 Å². The van der Waals surface area contributed by atoms with Crippen molar-refractivity contribution >= 4 is 11.8 Å². The largest absolute Gasteiger partial charge is 0.300 e. The van der Waals surface area contributed by atoms with Crippen molar-refractivity contribution in [3.05, 3.63) is 35.9 Å². The van der Waals surface area contributed by atoms with E-state index >= 15 is 0 Å². The lowest BCUT2D eigenvalue weighted by atomic mass is 10.1. The highest BCUT2D eigenvalue weighted by atomic mass is 32.2. The van der Waals surface area contributed by atoms with Crippen molar-refractivity contribution < 1.29 is 0 Å². The summed E-state index contributed by atoms with van der Waals surface area (Å²) < 4.78 is 4.21. The summed E-state index contributed by atoms with van der Waals surface area (Å²) in [6.45, 7) is 9.86. The Balaban J connectivity index is 1.26. The molecule has 7 heteroatoms. The number of rotatable bonds is 6. The summed E-state index contributed by atoms with van der Waals surface area (Å²) in [5.41, 5.74) is 2.54. The average molecular weight is 347 g/mol. The number of thioether (sulfide) groups is 1. The molecule has 0 radical (unpaired) electrons. The maximum absolute atomic E-state index is 4.72. The van der Waals surface area contributed by atoms with Gasteiger partial charge in [-0.1, -0.05) is 0 Å². The first-order valence-electron chi connectivity index (χ1n) is 8.82. The number of nitrogens with zero attached hydrogens (tertiary/aromatic N) is 6. The van der Waals surface area contributed by atoms with Crippen LogP contribution in [-0.4, -0.2) is 73.6 Å². The van der Waals surface area contributed by atoms with E-state index in [1.54, 1.807) is 0 Å². The first-order chi connectivity index (χ1) is 11.8. The molecule has 0 saturated carbocycles. The van der Waals surface area contributed by atoms with Crippen LogP contribution in [0, 0.1) is 6.92 Å². The molecule has 0 aliphatic carbocycles. The third kappa shape index (κ3) is 3.68. The monoisotopic (exact) mass is 346 g/mol. The van der Waals surface area contributed by atoms with E-state index in [1.165, 1.54) is 35.9 Å². The fourth-order valence-corrected chi connectivity index (χ4v) is 4.45. The van der Waals surface area contributed by atoms with Crippen molar-refractivity contribution in [3.63, 3.8) is 0 Å². The molecule has 2 aliphatic rings. The van der Waals surface area contributed by atoms with Crippen LogP contribution in [0.4, 0.5) is 0 Å². The molecule has 130 valence electrons. The maximum atomic E-state index is 4.72. The van der Waals surface area contributed by atoms with Gasteiger partial charge in [0.25, 0.3) is 0 Å². The van der Waals surface area contributed by atoms with E-state index in [-0.39, 0.29) is 0 Å². The quantitative estimate of drug-likeness (QED) is 0.793. The second kappa shape index (κ2) is 7.29. The number of hydrogen-bond donors (Lipinski definition) is 0. The normalized spacial score (nSPS) is 20.4. The maximum Gasteiger partial charge on any atom is 0.0773 e. The molecule has 6 nitrogen and oxygen atoms in total. The zero-order valence-electron chi connectivity index (χ0n) is 14.3. The Labute approximate surface area is 147 Å². The molecule has 0 bridgehead atoms. The molecule has 0 N–H and O–H groups in total. The highest BCUT2D eigenvalue weighted by molar-refractivity contribution is 7.99. The minimum atomic E-state index is 0.535. The minimum Gasteiger partial charge on any atom is -0.300 e. The summed E-state index contributed by atoms with van der Waals surface area (Å²) in [6, 6.07) is 2.53. The fourth-order valence-electron chi connectivity index (χ4n) is 3.47. The summed E-state index contributed by atoms with van der Waals surface area (Å²) in [5.74, 6) is 2.55. The van der Waals surface area contributed by atoms with Gasteiger partial charge in [-0.15, -0.1) is 0 Å². The molecule has 2 fully saturated rings. The molecule has 0 amide bonds. The summed E-state index contributed by atoms with van der Waals surface area (Å²) in [4.78, 5) is 5.03. The molecular weight excluding hydrogens is 320 g/mol. The molecular formula is C17H26N6S. The van der Waals surface area contributed by atoms with Crippen molar-refractivity contribution in [2.75, 3.05) is 44.2 Å². The van der Waals surface area contributed by atoms with Crippen LogP contribution in [-0.2, 0) is 13.1 Å². The van der Waals surface area contributed by atoms with Gasteiger partial charge in [0.2, 0.25) is 0 Å². The number of aromatic nitrogens is 4. The highest BCUT2D eigenvalue weighted by Gasteiger charge is 2.28. The fraction of sp³-hybridized carbons (Fsp3) is 0.647. The van der Waals surface area contributed by atoms with Crippen LogP contribution in [0.2, 0.25) is 0 Å². The van der Waals surface area contributed by atoms with Crippen molar-refractivity contribution in [2.45, 2.75) is 26.1 Å². The van der Waals surface area contributed by atoms with Gasteiger partial charge in [0.15, 0.2) is 0 Å².